The van der Waals surface area contributed by atoms with Crippen LogP contribution in [0.5, 0.6) is 5.75 Å². The number of ether oxygens (including phenoxy) is 1. The smallest absolute Gasteiger partial charge is 0.125 e. The zero-order chi connectivity index (χ0) is 13.7. The maximum Gasteiger partial charge on any atom is 0.125 e. The summed E-state index contributed by atoms with van der Waals surface area (Å²) in [6.45, 7) is 1.85. The van der Waals surface area contributed by atoms with Crippen LogP contribution in [0.1, 0.15) is 30.3 Å². The molecule has 0 radical (unpaired) electrons. The quantitative estimate of drug-likeness (QED) is 0.867. The summed E-state index contributed by atoms with van der Waals surface area (Å²) in [5.41, 5.74) is 1.54. The predicted molar refractivity (Wildman–Crippen MR) is 74.0 cm³/mol. The minimum Gasteiger partial charge on any atom is -0.490 e. The first kappa shape index (κ1) is 13.6. The Bertz CT molecular complexity index is 508. The van der Waals surface area contributed by atoms with Gasteiger partial charge in [-0.1, -0.05) is 48.5 Å². The average molecular weight is 258 g/mol. The molecular weight excluding hydrogens is 240 g/mol. The molecule has 0 bridgehead atoms. The van der Waals surface area contributed by atoms with E-state index in [4.69, 9.17) is 4.74 Å². The Balaban J connectivity index is 2.03. The second-order valence-electron chi connectivity index (χ2n) is 4.45. The predicted octanol–water partition coefficient (Wildman–Crippen LogP) is 2.85. The molecule has 0 aliphatic rings. The molecule has 0 saturated heterocycles. The molecule has 2 rings (SSSR count). The molecule has 0 amide bonds. The highest BCUT2D eigenvalue weighted by molar-refractivity contribution is 5.34. The van der Waals surface area contributed by atoms with Gasteiger partial charge in [-0.25, -0.2) is 0 Å². The fourth-order valence-electron chi connectivity index (χ4n) is 1.90. The van der Waals surface area contributed by atoms with Gasteiger partial charge in [0.2, 0.25) is 0 Å². The molecule has 3 nitrogen and oxygen atoms in total. The SMILES string of the molecule is CC(O)c1ccccc1OCC(O)c1ccccc1. The maximum atomic E-state index is 10.0. The van der Waals surface area contributed by atoms with Crippen LogP contribution in [0.4, 0.5) is 0 Å². The van der Waals surface area contributed by atoms with Gasteiger partial charge in [0.1, 0.15) is 18.5 Å². The molecule has 0 heterocycles. The number of hydrogen-bond acceptors (Lipinski definition) is 3. The number of rotatable bonds is 5. The lowest BCUT2D eigenvalue weighted by atomic mass is 10.1. The van der Waals surface area contributed by atoms with Crippen molar-refractivity contribution in [3.63, 3.8) is 0 Å². The second kappa shape index (κ2) is 6.36. The van der Waals surface area contributed by atoms with E-state index in [-0.39, 0.29) is 6.61 Å². The van der Waals surface area contributed by atoms with E-state index >= 15 is 0 Å². The lowest BCUT2D eigenvalue weighted by Crippen LogP contribution is -2.11. The molecule has 2 aromatic rings. The van der Waals surface area contributed by atoms with Crippen LogP contribution in [-0.2, 0) is 0 Å². The van der Waals surface area contributed by atoms with Crippen LogP contribution in [0.25, 0.3) is 0 Å². The molecule has 2 atom stereocenters. The average Bonchev–Trinajstić information content (AvgIpc) is 2.46. The molecule has 0 spiro atoms. The van der Waals surface area contributed by atoms with E-state index in [2.05, 4.69) is 0 Å². The number of para-hydroxylation sites is 1. The van der Waals surface area contributed by atoms with E-state index in [1.165, 1.54) is 0 Å². The summed E-state index contributed by atoms with van der Waals surface area (Å²) in [4.78, 5) is 0. The van der Waals surface area contributed by atoms with Crippen molar-refractivity contribution >= 4 is 0 Å². The van der Waals surface area contributed by atoms with Gasteiger partial charge in [0.25, 0.3) is 0 Å². The topological polar surface area (TPSA) is 49.7 Å². The number of aliphatic hydroxyl groups excluding tert-OH is 2. The van der Waals surface area contributed by atoms with Crippen molar-refractivity contribution in [1.29, 1.82) is 0 Å². The van der Waals surface area contributed by atoms with E-state index in [9.17, 15) is 10.2 Å². The summed E-state index contributed by atoms with van der Waals surface area (Å²) in [6.07, 6.45) is -1.27. The first-order valence-corrected chi connectivity index (χ1v) is 6.31. The highest BCUT2D eigenvalue weighted by Gasteiger charge is 2.11. The molecule has 0 fully saturated rings. The lowest BCUT2D eigenvalue weighted by molar-refractivity contribution is 0.105. The maximum absolute atomic E-state index is 10.0. The van der Waals surface area contributed by atoms with Crippen LogP contribution in [0.15, 0.2) is 54.6 Å². The van der Waals surface area contributed by atoms with Crippen LogP contribution in [0.3, 0.4) is 0 Å². The lowest BCUT2D eigenvalue weighted by Gasteiger charge is -2.16. The minimum absolute atomic E-state index is 0.160. The van der Waals surface area contributed by atoms with E-state index in [0.717, 1.165) is 11.1 Å². The summed E-state index contributed by atoms with van der Waals surface area (Å²) >= 11 is 0. The van der Waals surface area contributed by atoms with Gasteiger partial charge >= 0.3 is 0 Å². The standard InChI is InChI=1S/C16H18O3/c1-12(17)14-9-5-6-10-16(14)19-11-15(18)13-7-3-2-4-8-13/h2-10,12,15,17-18H,11H2,1H3. The third kappa shape index (κ3) is 3.56. The van der Waals surface area contributed by atoms with Gasteiger partial charge in [-0.05, 0) is 18.6 Å². The number of benzene rings is 2. The number of hydrogen-bond donors (Lipinski definition) is 2. The van der Waals surface area contributed by atoms with E-state index in [1.54, 1.807) is 13.0 Å². The van der Waals surface area contributed by atoms with Crippen molar-refractivity contribution in [2.75, 3.05) is 6.61 Å². The van der Waals surface area contributed by atoms with Crippen LogP contribution in [-0.4, -0.2) is 16.8 Å². The first-order valence-electron chi connectivity index (χ1n) is 6.31. The van der Waals surface area contributed by atoms with Crippen LogP contribution < -0.4 is 4.74 Å². The summed E-state index contributed by atoms with van der Waals surface area (Å²) in [5.74, 6) is 0.604. The van der Waals surface area contributed by atoms with Gasteiger partial charge < -0.3 is 14.9 Å². The summed E-state index contributed by atoms with van der Waals surface area (Å²) < 4.78 is 5.60. The summed E-state index contributed by atoms with van der Waals surface area (Å²) in [5, 5.41) is 19.7. The molecule has 3 heteroatoms. The van der Waals surface area contributed by atoms with Crippen molar-refractivity contribution < 1.29 is 14.9 Å². The Morgan fingerprint density at radius 1 is 0.947 bits per heavy atom. The second-order valence-corrected chi connectivity index (χ2v) is 4.45. The van der Waals surface area contributed by atoms with Crippen molar-refractivity contribution in [3.8, 4) is 5.75 Å². The fraction of sp³-hybridized carbons (Fsp3) is 0.250. The van der Waals surface area contributed by atoms with E-state index in [0.29, 0.717) is 5.75 Å². The number of aliphatic hydroxyl groups is 2. The molecule has 0 aliphatic heterocycles. The third-order valence-corrected chi connectivity index (χ3v) is 2.95. The Morgan fingerprint density at radius 2 is 1.58 bits per heavy atom. The summed E-state index contributed by atoms with van der Waals surface area (Å²) in [6, 6.07) is 16.7. The molecule has 2 aromatic carbocycles. The molecule has 0 aliphatic carbocycles. The fourth-order valence-corrected chi connectivity index (χ4v) is 1.90. The van der Waals surface area contributed by atoms with Crippen molar-refractivity contribution in [2.24, 2.45) is 0 Å². The zero-order valence-electron chi connectivity index (χ0n) is 10.9. The van der Waals surface area contributed by atoms with Crippen LogP contribution >= 0.6 is 0 Å². The van der Waals surface area contributed by atoms with E-state index < -0.39 is 12.2 Å². The van der Waals surface area contributed by atoms with Crippen molar-refractivity contribution in [2.45, 2.75) is 19.1 Å². The van der Waals surface area contributed by atoms with Crippen LogP contribution in [0.2, 0.25) is 0 Å². The van der Waals surface area contributed by atoms with Gasteiger partial charge in [-0.3, -0.25) is 0 Å². The van der Waals surface area contributed by atoms with Gasteiger partial charge in [-0.15, -0.1) is 0 Å². The highest BCUT2D eigenvalue weighted by Crippen LogP contribution is 2.25. The largest absolute Gasteiger partial charge is 0.490 e. The Morgan fingerprint density at radius 3 is 2.26 bits per heavy atom. The summed E-state index contributed by atoms with van der Waals surface area (Å²) in [7, 11) is 0. The molecule has 0 saturated carbocycles. The van der Waals surface area contributed by atoms with Crippen LogP contribution in [0, 0.1) is 0 Å². The normalized spacial score (nSPS) is 13.8. The molecular formula is C16H18O3. The van der Waals surface area contributed by atoms with Gasteiger partial charge in [0.05, 0.1) is 6.10 Å². The molecule has 0 aromatic heterocycles. The molecule has 2 unspecified atom stereocenters. The zero-order valence-corrected chi connectivity index (χ0v) is 10.9. The van der Waals surface area contributed by atoms with Gasteiger partial charge in [-0.2, -0.15) is 0 Å². The Hall–Kier alpha value is -1.84. The monoisotopic (exact) mass is 258 g/mol. The van der Waals surface area contributed by atoms with Crippen molar-refractivity contribution in [3.05, 3.63) is 65.7 Å². The Labute approximate surface area is 113 Å². The molecule has 2 N–H and O–H groups in total. The third-order valence-electron chi connectivity index (χ3n) is 2.95. The first-order chi connectivity index (χ1) is 9.18. The van der Waals surface area contributed by atoms with Crippen molar-refractivity contribution in [1.82, 2.24) is 0 Å². The van der Waals surface area contributed by atoms with E-state index in [1.807, 2.05) is 48.5 Å². The molecule has 19 heavy (non-hydrogen) atoms. The highest BCUT2D eigenvalue weighted by atomic mass is 16.5. The van der Waals surface area contributed by atoms with Gasteiger partial charge in [0.15, 0.2) is 0 Å². The molecule has 100 valence electrons. The van der Waals surface area contributed by atoms with Gasteiger partial charge in [0, 0.05) is 5.56 Å². The minimum atomic E-state index is -0.678. The Kier molecular flexibility index (Phi) is 4.55.